The first kappa shape index (κ1) is 21.8. The van der Waals surface area contributed by atoms with Gasteiger partial charge < -0.3 is 19.5 Å². The van der Waals surface area contributed by atoms with Gasteiger partial charge in [0.25, 0.3) is 0 Å². The van der Waals surface area contributed by atoms with E-state index < -0.39 is 0 Å². The molecular formula is C24H36N6O. The topological polar surface area (TPSA) is 57.9 Å². The van der Waals surface area contributed by atoms with Gasteiger partial charge in [-0.1, -0.05) is 31.2 Å². The van der Waals surface area contributed by atoms with Gasteiger partial charge in [0, 0.05) is 58.7 Å². The first-order valence-electron chi connectivity index (χ1n) is 11.5. The summed E-state index contributed by atoms with van der Waals surface area (Å²) in [6, 6.07) is 9.32. The van der Waals surface area contributed by atoms with Crippen LogP contribution in [0.5, 0.6) is 0 Å². The zero-order valence-corrected chi connectivity index (χ0v) is 19.1. The van der Waals surface area contributed by atoms with E-state index in [1.54, 1.807) is 0 Å². The van der Waals surface area contributed by atoms with Gasteiger partial charge in [0.1, 0.15) is 0 Å². The highest BCUT2D eigenvalue weighted by molar-refractivity contribution is 5.80. The van der Waals surface area contributed by atoms with Gasteiger partial charge in [0.15, 0.2) is 5.96 Å². The predicted octanol–water partition coefficient (Wildman–Crippen LogP) is 2.76. The second-order valence-electron chi connectivity index (χ2n) is 8.93. The number of nitrogens with zero attached hydrogens (tertiary/aromatic N) is 5. The number of imidazole rings is 1. The Hall–Kier alpha value is -2.38. The van der Waals surface area contributed by atoms with E-state index >= 15 is 0 Å². The number of hydrogen-bond acceptors (Lipinski definition) is 4. The predicted molar refractivity (Wildman–Crippen MR) is 124 cm³/mol. The van der Waals surface area contributed by atoms with Gasteiger partial charge in [-0.05, 0) is 30.4 Å². The maximum atomic E-state index is 5.67. The Labute approximate surface area is 186 Å². The molecule has 0 spiro atoms. The highest BCUT2D eigenvalue weighted by atomic mass is 16.5. The van der Waals surface area contributed by atoms with E-state index in [4.69, 9.17) is 4.74 Å². The summed E-state index contributed by atoms with van der Waals surface area (Å²) in [7, 11) is 1.88. The lowest BCUT2D eigenvalue weighted by molar-refractivity contribution is -0.0212. The van der Waals surface area contributed by atoms with E-state index in [-0.39, 0.29) is 0 Å². The quantitative estimate of drug-likeness (QED) is 0.591. The van der Waals surface area contributed by atoms with Gasteiger partial charge in [-0.25, -0.2) is 4.98 Å². The maximum absolute atomic E-state index is 5.67. The Morgan fingerprint density at radius 2 is 2.10 bits per heavy atom. The molecule has 4 rings (SSSR count). The fourth-order valence-electron chi connectivity index (χ4n) is 4.74. The van der Waals surface area contributed by atoms with Crippen LogP contribution in [0.2, 0.25) is 0 Å². The van der Waals surface area contributed by atoms with E-state index in [0.717, 1.165) is 58.3 Å². The Bertz CT molecular complexity index is 852. The summed E-state index contributed by atoms with van der Waals surface area (Å²) in [4.78, 5) is 13.7. The number of rotatable bonds is 5. The van der Waals surface area contributed by atoms with Crippen molar-refractivity contribution < 1.29 is 4.74 Å². The molecule has 0 amide bonds. The van der Waals surface area contributed by atoms with Crippen LogP contribution in [0.15, 0.2) is 48.0 Å². The van der Waals surface area contributed by atoms with Crippen LogP contribution in [0.25, 0.3) is 0 Å². The van der Waals surface area contributed by atoms with Crippen LogP contribution in [0.4, 0.5) is 0 Å². The lowest BCUT2D eigenvalue weighted by atomic mass is 9.93. The summed E-state index contributed by atoms with van der Waals surface area (Å²) in [5.41, 5.74) is 2.65. The smallest absolute Gasteiger partial charge is 0.193 e. The number of likely N-dealkylation sites (tertiary alicyclic amines) is 1. The van der Waals surface area contributed by atoms with E-state index in [0.29, 0.717) is 18.1 Å². The summed E-state index contributed by atoms with van der Waals surface area (Å²) < 4.78 is 7.90. The molecule has 1 aromatic carbocycles. The number of nitrogens with one attached hydrogen (secondary N) is 1. The minimum atomic E-state index is 0.320. The highest BCUT2D eigenvalue weighted by Crippen LogP contribution is 2.27. The molecule has 0 bridgehead atoms. The van der Waals surface area contributed by atoms with Gasteiger partial charge >= 0.3 is 0 Å². The maximum Gasteiger partial charge on any atom is 0.193 e. The fraction of sp³-hybridized carbons (Fsp3) is 0.583. The van der Waals surface area contributed by atoms with Crippen LogP contribution in [0.3, 0.4) is 0 Å². The SMILES string of the molecule is CN=C(NCc1cccc(CN2CCOC(C)C2)c1)N1CCC(C)C(n2ccnc2)C1. The van der Waals surface area contributed by atoms with Crippen molar-refractivity contribution in [1.29, 1.82) is 0 Å². The van der Waals surface area contributed by atoms with Crippen LogP contribution in [-0.2, 0) is 17.8 Å². The molecular weight excluding hydrogens is 388 g/mol. The number of aromatic nitrogens is 2. The molecule has 31 heavy (non-hydrogen) atoms. The van der Waals surface area contributed by atoms with Gasteiger partial charge in [-0.3, -0.25) is 9.89 Å². The molecule has 168 valence electrons. The number of aliphatic imine (C=N–C) groups is 1. The molecule has 3 heterocycles. The van der Waals surface area contributed by atoms with Crippen molar-refractivity contribution in [3.8, 4) is 0 Å². The summed E-state index contributed by atoms with van der Waals surface area (Å²) in [6.45, 7) is 11.1. The second kappa shape index (κ2) is 10.3. The van der Waals surface area contributed by atoms with Crippen molar-refractivity contribution >= 4 is 5.96 Å². The Balaban J connectivity index is 1.34. The van der Waals surface area contributed by atoms with Crippen LogP contribution in [0, 0.1) is 5.92 Å². The van der Waals surface area contributed by atoms with Crippen molar-refractivity contribution in [2.45, 2.75) is 45.5 Å². The summed E-state index contributed by atoms with van der Waals surface area (Å²) in [5.74, 6) is 1.60. The number of guanidine groups is 1. The number of hydrogen-bond donors (Lipinski definition) is 1. The van der Waals surface area contributed by atoms with E-state index in [1.165, 1.54) is 11.1 Å². The lowest BCUT2D eigenvalue weighted by Crippen LogP contribution is -2.48. The Kier molecular flexibility index (Phi) is 7.25. The minimum Gasteiger partial charge on any atom is -0.376 e. The molecule has 0 saturated carbocycles. The van der Waals surface area contributed by atoms with Crippen molar-refractivity contribution in [2.75, 3.05) is 39.8 Å². The first-order chi connectivity index (χ1) is 15.1. The molecule has 2 fully saturated rings. The molecule has 7 nitrogen and oxygen atoms in total. The molecule has 2 aliphatic rings. The Morgan fingerprint density at radius 1 is 1.23 bits per heavy atom. The van der Waals surface area contributed by atoms with Crippen LogP contribution < -0.4 is 5.32 Å². The number of benzene rings is 1. The molecule has 0 radical (unpaired) electrons. The van der Waals surface area contributed by atoms with Crippen LogP contribution >= 0.6 is 0 Å². The van der Waals surface area contributed by atoms with Gasteiger partial charge in [-0.2, -0.15) is 0 Å². The van der Waals surface area contributed by atoms with Crippen LogP contribution in [-0.4, -0.2) is 71.2 Å². The zero-order chi connectivity index (χ0) is 21.6. The number of piperidine rings is 1. The zero-order valence-electron chi connectivity index (χ0n) is 19.1. The summed E-state index contributed by atoms with van der Waals surface area (Å²) >= 11 is 0. The summed E-state index contributed by atoms with van der Waals surface area (Å²) in [6.07, 6.45) is 7.34. The van der Waals surface area contributed by atoms with E-state index in [1.807, 2.05) is 19.6 Å². The van der Waals surface area contributed by atoms with Gasteiger partial charge in [-0.15, -0.1) is 0 Å². The van der Waals surface area contributed by atoms with Crippen molar-refractivity contribution in [3.63, 3.8) is 0 Å². The molecule has 3 atom stereocenters. The van der Waals surface area contributed by atoms with Crippen molar-refractivity contribution in [2.24, 2.45) is 10.9 Å². The standard InChI is InChI=1S/C24H36N6O/c1-19-7-9-29(17-23(19)30-10-8-26-18-30)24(25-3)27-14-21-5-4-6-22(13-21)16-28-11-12-31-20(2)15-28/h4-6,8,10,13,18-20,23H,7,9,11-12,14-17H2,1-3H3,(H,25,27). The number of morpholine rings is 1. The Morgan fingerprint density at radius 3 is 2.87 bits per heavy atom. The highest BCUT2D eigenvalue weighted by Gasteiger charge is 2.28. The molecule has 3 unspecified atom stereocenters. The molecule has 7 heteroatoms. The first-order valence-corrected chi connectivity index (χ1v) is 11.5. The lowest BCUT2D eigenvalue weighted by Gasteiger charge is -2.39. The molecule has 1 N–H and O–H groups in total. The summed E-state index contributed by atoms with van der Waals surface area (Å²) in [5, 5.41) is 3.59. The molecule has 2 aromatic rings. The van der Waals surface area contributed by atoms with Gasteiger partial charge in [0.2, 0.25) is 0 Å². The fourth-order valence-corrected chi connectivity index (χ4v) is 4.74. The molecule has 2 saturated heterocycles. The monoisotopic (exact) mass is 424 g/mol. The third kappa shape index (κ3) is 5.66. The minimum absolute atomic E-state index is 0.320. The average molecular weight is 425 g/mol. The molecule has 1 aromatic heterocycles. The second-order valence-corrected chi connectivity index (χ2v) is 8.93. The van der Waals surface area contributed by atoms with E-state index in [9.17, 15) is 0 Å². The average Bonchev–Trinajstić information content (AvgIpc) is 3.30. The molecule has 0 aliphatic carbocycles. The van der Waals surface area contributed by atoms with E-state index in [2.05, 4.69) is 74.0 Å². The van der Waals surface area contributed by atoms with Crippen molar-refractivity contribution in [3.05, 3.63) is 54.1 Å². The van der Waals surface area contributed by atoms with Crippen molar-refractivity contribution in [1.82, 2.24) is 24.7 Å². The third-order valence-corrected chi connectivity index (χ3v) is 6.51. The normalized spacial score (nSPS) is 25.6. The van der Waals surface area contributed by atoms with Gasteiger partial charge in [0.05, 0.1) is 25.1 Å². The largest absolute Gasteiger partial charge is 0.376 e. The van der Waals surface area contributed by atoms with Crippen LogP contribution in [0.1, 0.15) is 37.4 Å². The molecule has 2 aliphatic heterocycles. The third-order valence-electron chi connectivity index (χ3n) is 6.51. The number of ether oxygens (including phenoxy) is 1.